The minimum atomic E-state index is -1.05. The maximum atomic E-state index is 11.0. The fourth-order valence-electron chi connectivity index (χ4n) is 1.91. The third-order valence-electron chi connectivity index (χ3n) is 2.96. The summed E-state index contributed by atoms with van der Waals surface area (Å²) in [5.41, 5.74) is 7.11. The number of aliphatic carboxylic acids is 1. The zero-order chi connectivity index (χ0) is 14.7. The van der Waals surface area contributed by atoms with Gasteiger partial charge in [-0.2, -0.15) is 0 Å². The van der Waals surface area contributed by atoms with E-state index in [1.54, 1.807) is 41.1 Å². The van der Waals surface area contributed by atoms with E-state index < -0.39 is 18.0 Å². The van der Waals surface area contributed by atoms with E-state index in [-0.39, 0.29) is 12.1 Å². The third kappa shape index (κ3) is 2.86. The Balaban J connectivity index is 2.22. The topological polar surface area (TPSA) is 106 Å². The molecule has 0 aliphatic heterocycles. The lowest BCUT2D eigenvalue weighted by Gasteiger charge is -2.09. The lowest BCUT2D eigenvalue weighted by Crippen LogP contribution is -2.32. The van der Waals surface area contributed by atoms with Gasteiger partial charge in [-0.15, -0.1) is 0 Å². The Kier molecular flexibility index (Phi) is 3.86. The van der Waals surface area contributed by atoms with Crippen molar-refractivity contribution in [1.82, 2.24) is 4.57 Å². The first-order chi connectivity index (χ1) is 9.49. The van der Waals surface area contributed by atoms with Crippen LogP contribution in [0.15, 0.2) is 42.6 Å². The van der Waals surface area contributed by atoms with Crippen LogP contribution >= 0.6 is 0 Å². The molecule has 0 saturated carbocycles. The van der Waals surface area contributed by atoms with Crippen LogP contribution < -0.4 is 5.73 Å². The first-order valence-electron chi connectivity index (χ1n) is 5.97. The molecule has 1 heterocycles. The lowest BCUT2D eigenvalue weighted by molar-refractivity contribution is -0.138. The summed E-state index contributed by atoms with van der Waals surface area (Å²) in [6.45, 7) is 0. The van der Waals surface area contributed by atoms with E-state index in [1.807, 2.05) is 0 Å². The number of rotatable bonds is 5. The Morgan fingerprint density at radius 2 is 1.80 bits per heavy atom. The first-order valence-corrected chi connectivity index (χ1v) is 5.97. The molecule has 2 aromatic rings. The van der Waals surface area contributed by atoms with Gasteiger partial charge in [0.15, 0.2) is 0 Å². The average Bonchev–Trinajstić information content (AvgIpc) is 2.88. The molecule has 0 bridgehead atoms. The van der Waals surface area contributed by atoms with E-state index in [2.05, 4.69) is 0 Å². The van der Waals surface area contributed by atoms with Gasteiger partial charge in [0, 0.05) is 11.9 Å². The SMILES string of the molecule is NC(Cc1ccc(-n2cccc2C(=O)O)cc1)C(=O)O. The highest BCUT2D eigenvalue weighted by atomic mass is 16.4. The predicted octanol–water partition coefficient (Wildman–Crippen LogP) is 1.13. The molecule has 1 atom stereocenters. The van der Waals surface area contributed by atoms with E-state index in [0.29, 0.717) is 5.69 Å². The number of aromatic nitrogens is 1. The Morgan fingerprint density at radius 3 is 2.35 bits per heavy atom. The first kappa shape index (κ1) is 13.8. The van der Waals surface area contributed by atoms with Crippen molar-refractivity contribution in [2.24, 2.45) is 5.73 Å². The van der Waals surface area contributed by atoms with E-state index >= 15 is 0 Å². The van der Waals surface area contributed by atoms with Crippen molar-refractivity contribution in [3.63, 3.8) is 0 Å². The molecule has 0 amide bonds. The van der Waals surface area contributed by atoms with E-state index in [4.69, 9.17) is 15.9 Å². The summed E-state index contributed by atoms with van der Waals surface area (Å²) in [6.07, 6.45) is 1.88. The van der Waals surface area contributed by atoms with Crippen LogP contribution in [0.3, 0.4) is 0 Å². The van der Waals surface area contributed by atoms with Gasteiger partial charge in [-0.05, 0) is 36.2 Å². The largest absolute Gasteiger partial charge is 0.480 e. The van der Waals surface area contributed by atoms with Gasteiger partial charge in [0.2, 0.25) is 0 Å². The van der Waals surface area contributed by atoms with E-state index in [0.717, 1.165) is 5.56 Å². The molecule has 2 rings (SSSR count). The molecule has 1 aromatic heterocycles. The van der Waals surface area contributed by atoms with Crippen molar-refractivity contribution in [3.05, 3.63) is 53.9 Å². The summed E-state index contributed by atoms with van der Waals surface area (Å²) in [6, 6.07) is 9.16. The lowest BCUT2D eigenvalue weighted by atomic mass is 10.1. The maximum absolute atomic E-state index is 11.0. The van der Waals surface area contributed by atoms with E-state index in [1.165, 1.54) is 6.07 Å². The van der Waals surface area contributed by atoms with Crippen molar-refractivity contribution in [3.8, 4) is 5.69 Å². The zero-order valence-corrected chi connectivity index (χ0v) is 10.6. The summed E-state index contributed by atoms with van der Waals surface area (Å²) in [5.74, 6) is -2.06. The number of nitrogens with two attached hydrogens (primary N) is 1. The minimum Gasteiger partial charge on any atom is -0.480 e. The molecule has 0 aliphatic carbocycles. The summed E-state index contributed by atoms with van der Waals surface area (Å²) < 4.78 is 1.54. The monoisotopic (exact) mass is 274 g/mol. The molecule has 4 N–H and O–H groups in total. The number of carbonyl (C=O) groups is 2. The van der Waals surface area contributed by atoms with Gasteiger partial charge in [-0.1, -0.05) is 12.1 Å². The quantitative estimate of drug-likeness (QED) is 0.758. The molecular formula is C14H14N2O4. The van der Waals surface area contributed by atoms with Gasteiger partial charge in [-0.25, -0.2) is 4.79 Å². The molecule has 0 radical (unpaired) electrons. The Hall–Kier alpha value is -2.60. The molecule has 0 saturated heterocycles. The molecule has 0 aliphatic rings. The molecule has 20 heavy (non-hydrogen) atoms. The predicted molar refractivity (Wildman–Crippen MR) is 72.0 cm³/mol. The van der Waals surface area contributed by atoms with Crippen molar-refractivity contribution < 1.29 is 19.8 Å². The standard InChI is InChI=1S/C14H14N2O4/c15-11(13(17)18)8-9-3-5-10(6-4-9)16-7-1-2-12(16)14(19)20/h1-7,11H,8,15H2,(H,17,18)(H,19,20). The van der Waals surface area contributed by atoms with Gasteiger partial charge in [0.25, 0.3) is 0 Å². The second-order valence-corrected chi connectivity index (χ2v) is 4.38. The van der Waals surface area contributed by atoms with Crippen LogP contribution in [0.1, 0.15) is 16.1 Å². The second kappa shape index (κ2) is 5.58. The molecule has 104 valence electrons. The van der Waals surface area contributed by atoms with Crippen molar-refractivity contribution in [2.45, 2.75) is 12.5 Å². The Bertz CT molecular complexity index is 631. The number of aromatic carboxylic acids is 1. The van der Waals surface area contributed by atoms with Crippen LogP contribution in [-0.2, 0) is 11.2 Å². The van der Waals surface area contributed by atoms with E-state index in [9.17, 15) is 9.59 Å². The second-order valence-electron chi connectivity index (χ2n) is 4.38. The number of carboxylic acid groups (broad SMARTS) is 2. The van der Waals surface area contributed by atoms with Crippen LogP contribution in [0.2, 0.25) is 0 Å². The van der Waals surface area contributed by atoms with Crippen LogP contribution in [0.25, 0.3) is 5.69 Å². The smallest absolute Gasteiger partial charge is 0.352 e. The summed E-state index contributed by atoms with van der Waals surface area (Å²) in [4.78, 5) is 21.7. The van der Waals surface area contributed by atoms with Crippen LogP contribution in [0.5, 0.6) is 0 Å². The molecule has 1 aromatic carbocycles. The highest BCUT2D eigenvalue weighted by Gasteiger charge is 2.13. The Labute approximate surface area is 115 Å². The molecular weight excluding hydrogens is 260 g/mol. The number of hydrogen-bond donors (Lipinski definition) is 3. The number of carboxylic acids is 2. The van der Waals surface area contributed by atoms with Crippen molar-refractivity contribution in [1.29, 1.82) is 0 Å². The van der Waals surface area contributed by atoms with Crippen molar-refractivity contribution >= 4 is 11.9 Å². The van der Waals surface area contributed by atoms with Crippen LogP contribution in [0, 0.1) is 0 Å². The molecule has 0 fully saturated rings. The van der Waals surface area contributed by atoms with Gasteiger partial charge in [0.1, 0.15) is 11.7 Å². The summed E-state index contributed by atoms with van der Waals surface area (Å²) in [7, 11) is 0. The zero-order valence-electron chi connectivity index (χ0n) is 10.6. The molecule has 6 heteroatoms. The maximum Gasteiger partial charge on any atom is 0.352 e. The molecule has 1 unspecified atom stereocenters. The molecule has 0 spiro atoms. The average molecular weight is 274 g/mol. The summed E-state index contributed by atoms with van der Waals surface area (Å²) in [5, 5.41) is 17.8. The number of benzene rings is 1. The van der Waals surface area contributed by atoms with Gasteiger partial charge in [0.05, 0.1) is 0 Å². The highest BCUT2D eigenvalue weighted by molar-refractivity contribution is 5.86. The fraction of sp³-hybridized carbons (Fsp3) is 0.143. The van der Waals surface area contributed by atoms with Crippen LogP contribution in [0.4, 0.5) is 0 Å². The summed E-state index contributed by atoms with van der Waals surface area (Å²) >= 11 is 0. The highest BCUT2D eigenvalue weighted by Crippen LogP contribution is 2.14. The number of hydrogen-bond acceptors (Lipinski definition) is 3. The third-order valence-corrected chi connectivity index (χ3v) is 2.96. The normalized spacial score (nSPS) is 12.1. The van der Waals surface area contributed by atoms with Gasteiger partial charge < -0.3 is 20.5 Å². The Morgan fingerprint density at radius 1 is 1.15 bits per heavy atom. The van der Waals surface area contributed by atoms with Gasteiger partial charge >= 0.3 is 11.9 Å². The fourth-order valence-corrected chi connectivity index (χ4v) is 1.91. The van der Waals surface area contributed by atoms with Gasteiger partial charge in [-0.3, -0.25) is 4.79 Å². The minimum absolute atomic E-state index is 0.167. The van der Waals surface area contributed by atoms with Crippen LogP contribution in [-0.4, -0.2) is 32.8 Å². The number of nitrogens with zero attached hydrogens (tertiary/aromatic N) is 1. The molecule has 6 nitrogen and oxygen atoms in total. The van der Waals surface area contributed by atoms with Crippen molar-refractivity contribution in [2.75, 3.05) is 0 Å².